The molecule has 0 radical (unpaired) electrons. The molecular formula is C88H93N13OS. The number of rotatable bonds is 5. The third-order valence-corrected chi connectivity index (χ3v) is 24.4. The van der Waals surface area contributed by atoms with Crippen molar-refractivity contribution in [3.05, 3.63) is 238 Å². The number of fused-ring (bicyclic) bond motifs is 5. The second-order valence-electron chi connectivity index (χ2n) is 31.0. The van der Waals surface area contributed by atoms with Gasteiger partial charge in [0.2, 0.25) is 0 Å². The average molecular weight is 1380 g/mol. The molecule has 10 aromatic rings. The van der Waals surface area contributed by atoms with Gasteiger partial charge in [0.05, 0.1) is 46.6 Å². The molecule has 5 aliphatic carbocycles. The molecule has 5 aromatic carbocycles. The first-order valence-corrected chi connectivity index (χ1v) is 38.3. The van der Waals surface area contributed by atoms with Crippen molar-refractivity contribution in [2.45, 2.75) is 183 Å². The van der Waals surface area contributed by atoms with Crippen molar-refractivity contribution in [3.8, 4) is 55.8 Å². The summed E-state index contributed by atoms with van der Waals surface area (Å²) in [5.41, 5.74) is 30.8. The highest BCUT2D eigenvalue weighted by Crippen LogP contribution is 2.47. The maximum atomic E-state index is 5.59. The van der Waals surface area contributed by atoms with Crippen molar-refractivity contribution >= 4 is 41.1 Å². The quantitative estimate of drug-likeness (QED) is 0.163. The monoisotopic (exact) mass is 1380 g/mol. The summed E-state index contributed by atoms with van der Waals surface area (Å²) in [5, 5.41) is 4.43. The van der Waals surface area contributed by atoms with Gasteiger partial charge in [-0.25, -0.2) is 29.9 Å². The van der Waals surface area contributed by atoms with E-state index in [0.29, 0.717) is 0 Å². The fraction of sp³-hybridized carbons (Fsp3) is 0.375. The predicted molar refractivity (Wildman–Crippen MR) is 419 cm³/mol. The lowest BCUT2D eigenvalue weighted by Gasteiger charge is -2.33. The van der Waals surface area contributed by atoms with Crippen LogP contribution in [0.2, 0.25) is 0 Å². The van der Waals surface area contributed by atoms with Crippen molar-refractivity contribution in [3.63, 3.8) is 0 Å². The van der Waals surface area contributed by atoms with Gasteiger partial charge in [0.15, 0.2) is 0 Å². The summed E-state index contributed by atoms with van der Waals surface area (Å²) in [5.74, 6) is 0.990. The summed E-state index contributed by atoms with van der Waals surface area (Å²) in [4.78, 5) is 53.8. The number of furan rings is 1. The summed E-state index contributed by atoms with van der Waals surface area (Å²) >= 11 is 1.78. The van der Waals surface area contributed by atoms with Gasteiger partial charge in [0, 0.05) is 104 Å². The molecule has 10 heterocycles. The van der Waals surface area contributed by atoms with E-state index in [4.69, 9.17) is 29.4 Å². The predicted octanol–water partition coefficient (Wildman–Crippen LogP) is 17.6. The van der Waals surface area contributed by atoms with Crippen LogP contribution in [0.5, 0.6) is 0 Å². The first-order chi connectivity index (χ1) is 50.3. The lowest BCUT2D eigenvalue weighted by molar-refractivity contribution is 0.336. The summed E-state index contributed by atoms with van der Waals surface area (Å²) in [6.07, 6.45) is 45.8. The highest BCUT2D eigenvalue weighted by Gasteiger charge is 2.43. The van der Waals surface area contributed by atoms with Gasteiger partial charge in [-0.15, -0.1) is 0 Å². The second-order valence-corrected chi connectivity index (χ2v) is 31.7. The Morgan fingerprint density at radius 1 is 0.350 bits per heavy atom. The van der Waals surface area contributed by atoms with Crippen molar-refractivity contribution < 1.29 is 4.42 Å². The molecule has 20 rings (SSSR count). The zero-order valence-corrected chi connectivity index (χ0v) is 61.2. The lowest BCUT2D eigenvalue weighted by Crippen LogP contribution is -2.38. The molecule has 15 heteroatoms. The maximum absolute atomic E-state index is 5.59. The van der Waals surface area contributed by atoms with Crippen molar-refractivity contribution in [2.24, 2.45) is 25.0 Å². The molecule has 522 valence electrons. The van der Waals surface area contributed by atoms with E-state index in [9.17, 15) is 0 Å². The smallest absolute Gasteiger partial charge is 0.134 e. The van der Waals surface area contributed by atoms with Crippen LogP contribution in [0, 0.1) is 0 Å². The topological polar surface area (TPSA) is 159 Å². The minimum absolute atomic E-state index is 0.0908. The molecule has 5 spiro atoms. The lowest BCUT2D eigenvalue weighted by atomic mass is 9.75. The fourth-order valence-electron chi connectivity index (χ4n) is 18.7. The number of hydrogen-bond donors (Lipinski definition) is 0. The molecule has 0 N–H and O–H groups in total. The van der Waals surface area contributed by atoms with Crippen molar-refractivity contribution in [1.29, 1.82) is 0 Å². The summed E-state index contributed by atoms with van der Waals surface area (Å²) in [6, 6.07) is 39.4. The van der Waals surface area contributed by atoms with Crippen LogP contribution in [-0.4, -0.2) is 124 Å². The normalized spacial score (nSPS) is 24.1. The number of aliphatic imine (C=N–C) groups is 5. The van der Waals surface area contributed by atoms with Crippen LogP contribution in [0.15, 0.2) is 212 Å². The highest BCUT2D eigenvalue weighted by molar-refractivity contribution is 7.08. The first-order valence-electron chi connectivity index (χ1n) is 37.3. The van der Waals surface area contributed by atoms with Crippen LogP contribution in [-0.2, 0) is 64.2 Å². The largest absolute Gasteiger partial charge is 0.464 e. The van der Waals surface area contributed by atoms with Crippen LogP contribution in [0.4, 0.5) is 0 Å². The number of likely N-dealkylation sites (N-methyl/N-ethyl adjacent to an activating group) is 2. The van der Waals surface area contributed by atoms with Gasteiger partial charge in [-0.3, -0.25) is 25.0 Å². The molecular weight excluding hydrogens is 1290 g/mol. The second kappa shape index (κ2) is 28.8. The standard InChI is InChI=1S/C18H19N3.C18H19NO.C18H19NS.2C17H18N4/c1-13-5-7-18(21-13)8-6-17-14(9-18)3-2-4-16(17)15-10-19-12-20-11-15;1-13-7-9-18(19-13)10-8-15-14(12-18)4-2-5-16(15)17-6-3-11-20-17;1-13-5-8-18(19-13)9-6-17-14(11-18)3-2-4-16(17)15-7-10-20-12-15;2*1-21-10-17(20-12-21)6-5-16-13(7-17)3-2-4-15(16)14-8-18-11-19-9-14/h2-4,10-12H,5-9H2,1H3;2-6,11H,7-10,12H2,1H3;2-4,7,10,12H,5-6,8-9,11H2,1H3;2*2-4,8-9,11-12H,5-7,10H2,1H3/t3*18-;2*17-/m00010/s1. The van der Waals surface area contributed by atoms with Gasteiger partial charge in [0.25, 0.3) is 0 Å². The van der Waals surface area contributed by atoms with Gasteiger partial charge in [-0.1, -0.05) is 91.0 Å². The fourth-order valence-corrected chi connectivity index (χ4v) is 19.4. The van der Waals surface area contributed by atoms with Gasteiger partial charge >= 0.3 is 0 Å². The third-order valence-electron chi connectivity index (χ3n) is 23.7. The van der Waals surface area contributed by atoms with E-state index < -0.39 is 0 Å². The van der Waals surface area contributed by atoms with E-state index in [1.165, 1.54) is 165 Å². The van der Waals surface area contributed by atoms with Gasteiger partial charge in [0.1, 0.15) is 24.7 Å². The summed E-state index contributed by atoms with van der Waals surface area (Å²) in [6.45, 7) is 8.59. The van der Waals surface area contributed by atoms with Crippen LogP contribution in [0.25, 0.3) is 55.8 Å². The molecule has 10 aliphatic rings. The Balaban J connectivity index is 0.0000000994. The molecule has 0 fully saturated rings. The molecule has 5 atom stereocenters. The highest BCUT2D eigenvalue weighted by atomic mass is 32.1. The number of aromatic nitrogens is 6. The van der Waals surface area contributed by atoms with E-state index in [1.54, 1.807) is 42.1 Å². The number of thiophene rings is 1. The molecule has 103 heavy (non-hydrogen) atoms. The van der Waals surface area contributed by atoms with E-state index in [1.807, 2.05) is 55.9 Å². The van der Waals surface area contributed by atoms with Crippen LogP contribution < -0.4 is 0 Å². The van der Waals surface area contributed by atoms with Gasteiger partial charge in [-0.05, 0) is 268 Å². The number of benzene rings is 5. The molecule has 5 aromatic heterocycles. The summed E-state index contributed by atoms with van der Waals surface area (Å²) in [7, 11) is 4.21. The molecule has 0 saturated carbocycles. The zero-order valence-electron chi connectivity index (χ0n) is 60.4. The van der Waals surface area contributed by atoms with E-state index in [2.05, 4.69) is 188 Å². The first kappa shape index (κ1) is 67.7. The minimum atomic E-state index is 0.0908. The van der Waals surface area contributed by atoms with Gasteiger partial charge < -0.3 is 14.2 Å². The SMILES string of the molecule is CC1=N[C@@]2(CC1)CCc1c(cccc1-c1ccco1)C2.CC1=N[C@@]2(CC1)CCc1c(cccc1-c1ccsc1)C2.CC1=N[C@@]2(CC1)CCc1c(cccc1-c1cncnc1)C2.CN1C=N[C@@]2(CCc3c(cccc3-c3cncnc3)C2)C1.CN1C=N[C@]2(CCc3c(cccc3-c3cncnc3)C2)C1. The van der Waals surface area contributed by atoms with Crippen LogP contribution in [0.3, 0.4) is 0 Å². The van der Waals surface area contributed by atoms with E-state index >= 15 is 0 Å². The Morgan fingerprint density at radius 3 is 0.971 bits per heavy atom. The van der Waals surface area contributed by atoms with Crippen molar-refractivity contribution in [1.82, 2.24) is 39.7 Å². The molecule has 5 aliphatic heterocycles. The van der Waals surface area contributed by atoms with Crippen molar-refractivity contribution in [2.75, 3.05) is 27.2 Å². The Hall–Kier alpha value is -9.73. The Bertz CT molecular complexity index is 4620. The van der Waals surface area contributed by atoms with Crippen LogP contribution in [0.1, 0.15) is 147 Å². The van der Waals surface area contributed by atoms with E-state index in [0.717, 1.165) is 106 Å². The molecule has 0 bridgehead atoms. The number of nitrogens with zero attached hydrogens (tertiary/aromatic N) is 13. The average Bonchev–Trinajstić information content (AvgIpc) is 1.78. The zero-order chi connectivity index (χ0) is 70.0. The molecule has 0 amide bonds. The Labute approximate surface area is 611 Å². The number of hydrogen-bond acceptors (Lipinski definition) is 15. The molecule has 14 nitrogen and oxygen atoms in total. The third kappa shape index (κ3) is 14.4. The Kier molecular flexibility index (Phi) is 19.0. The van der Waals surface area contributed by atoms with Gasteiger partial charge in [-0.2, -0.15) is 11.3 Å². The Morgan fingerprint density at radius 2 is 0.670 bits per heavy atom. The molecule has 0 unspecified atom stereocenters. The molecule has 0 saturated heterocycles. The summed E-state index contributed by atoms with van der Waals surface area (Å²) < 4.78 is 5.59. The van der Waals surface area contributed by atoms with Crippen LogP contribution >= 0.6 is 11.3 Å². The van der Waals surface area contributed by atoms with E-state index in [-0.39, 0.29) is 27.7 Å². The minimum Gasteiger partial charge on any atom is -0.464 e. The maximum Gasteiger partial charge on any atom is 0.134 e.